The Morgan fingerprint density at radius 1 is 1.13 bits per heavy atom. The SMILES string of the molecule is CCCCOC(Cc1ccc(OC(c2sc(-c3ccc(C(F)(F)F)cc3)nc2C)C2CC2)cc1C)C(=O)OC. The molecule has 39 heavy (non-hydrogen) atoms. The van der Waals surface area contributed by atoms with E-state index < -0.39 is 17.8 Å². The number of benzene rings is 2. The Kier molecular flexibility index (Phi) is 9.33. The zero-order chi connectivity index (χ0) is 28.2. The van der Waals surface area contributed by atoms with E-state index in [1.54, 1.807) is 0 Å². The Balaban J connectivity index is 1.50. The van der Waals surface area contributed by atoms with Crippen molar-refractivity contribution in [2.45, 2.75) is 71.3 Å². The molecule has 9 heteroatoms. The number of hydrogen-bond donors (Lipinski definition) is 0. The summed E-state index contributed by atoms with van der Waals surface area (Å²) in [6.07, 6.45) is -0.853. The fraction of sp³-hybridized carbons (Fsp3) is 0.467. The summed E-state index contributed by atoms with van der Waals surface area (Å²) in [6.45, 7) is 6.47. The number of ether oxygens (including phenoxy) is 3. The minimum absolute atomic E-state index is 0.184. The van der Waals surface area contributed by atoms with Gasteiger partial charge in [-0.2, -0.15) is 13.2 Å². The highest BCUT2D eigenvalue weighted by atomic mass is 32.1. The fourth-order valence-electron chi connectivity index (χ4n) is 4.39. The highest BCUT2D eigenvalue weighted by Gasteiger charge is 2.37. The smallest absolute Gasteiger partial charge is 0.416 e. The summed E-state index contributed by atoms with van der Waals surface area (Å²) >= 11 is 1.47. The first kappa shape index (κ1) is 29.1. The Morgan fingerprint density at radius 3 is 2.44 bits per heavy atom. The predicted octanol–water partition coefficient (Wildman–Crippen LogP) is 7.88. The van der Waals surface area contributed by atoms with Crippen LogP contribution in [0.15, 0.2) is 42.5 Å². The number of aromatic nitrogens is 1. The van der Waals surface area contributed by atoms with E-state index in [1.165, 1.54) is 30.6 Å². The van der Waals surface area contributed by atoms with Crippen LogP contribution in [-0.4, -0.2) is 30.8 Å². The van der Waals surface area contributed by atoms with Gasteiger partial charge in [0.1, 0.15) is 16.9 Å². The average molecular weight is 562 g/mol. The Labute approximate surface area is 231 Å². The summed E-state index contributed by atoms with van der Waals surface area (Å²) < 4.78 is 56.2. The zero-order valence-electron chi connectivity index (χ0n) is 22.6. The molecule has 0 N–H and O–H groups in total. The average Bonchev–Trinajstić information content (AvgIpc) is 3.68. The van der Waals surface area contributed by atoms with E-state index in [1.807, 2.05) is 32.0 Å². The molecule has 0 bridgehead atoms. The number of rotatable bonds is 12. The van der Waals surface area contributed by atoms with Crippen molar-refractivity contribution in [2.24, 2.45) is 5.92 Å². The molecule has 0 spiro atoms. The van der Waals surface area contributed by atoms with Gasteiger partial charge in [-0.3, -0.25) is 0 Å². The van der Waals surface area contributed by atoms with Gasteiger partial charge < -0.3 is 14.2 Å². The third kappa shape index (κ3) is 7.39. The molecular formula is C30H34F3NO4S. The van der Waals surface area contributed by atoms with Gasteiger partial charge in [0.15, 0.2) is 6.10 Å². The van der Waals surface area contributed by atoms with E-state index in [9.17, 15) is 18.0 Å². The number of esters is 1. The molecule has 2 aromatic carbocycles. The van der Waals surface area contributed by atoms with Crippen molar-refractivity contribution in [3.63, 3.8) is 0 Å². The van der Waals surface area contributed by atoms with Gasteiger partial charge >= 0.3 is 12.1 Å². The van der Waals surface area contributed by atoms with Crippen molar-refractivity contribution in [3.8, 4) is 16.3 Å². The van der Waals surface area contributed by atoms with Crippen LogP contribution in [0.5, 0.6) is 5.75 Å². The summed E-state index contributed by atoms with van der Waals surface area (Å²) in [7, 11) is 1.37. The molecule has 3 aromatic rings. The van der Waals surface area contributed by atoms with Crippen molar-refractivity contribution in [1.29, 1.82) is 0 Å². The maximum absolute atomic E-state index is 13.0. The lowest BCUT2D eigenvalue weighted by Gasteiger charge is -2.20. The standard InChI is InChI=1S/C30H34F3NO4S/c1-5-6-15-37-25(29(35)36-4)17-22-11-14-24(16-18(22)2)38-26(20-7-8-20)27-19(3)34-28(39-27)21-9-12-23(13-10-21)30(31,32)33/h9-14,16,20,25-26H,5-8,15,17H2,1-4H3. The molecule has 1 aliphatic rings. The maximum Gasteiger partial charge on any atom is 0.416 e. The van der Waals surface area contributed by atoms with Crippen LogP contribution >= 0.6 is 11.3 Å². The number of unbranched alkanes of at least 4 members (excludes halogenated alkanes) is 1. The topological polar surface area (TPSA) is 57.7 Å². The molecule has 1 aliphatic carbocycles. The lowest BCUT2D eigenvalue weighted by atomic mass is 10.0. The minimum atomic E-state index is -4.37. The van der Waals surface area contributed by atoms with Crippen molar-refractivity contribution in [3.05, 3.63) is 69.7 Å². The number of carbonyl (C=O) groups is 1. The number of aryl methyl sites for hydroxylation is 2. The van der Waals surface area contributed by atoms with Crippen LogP contribution in [0.25, 0.3) is 10.6 Å². The van der Waals surface area contributed by atoms with Crippen molar-refractivity contribution >= 4 is 17.3 Å². The molecule has 5 nitrogen and oxygen atoms in total. The van der Waals surface area contributed by atoms with Gasteiger partial charge in [-0.25, -0.2) is 9.78 Å². The maximum atomic E-state index is 13.0. The van der Waals surface area contributed by atoms with E-state index in [2.05, 4.69) is 11.9 Å². The first-order chi connectivity index (χ1) is 18.6. The lowest BCUT2D eigenvalue weighted by Crippen LogP contribution is -2.28. The lowest BCUT2D eigenvalue weighted by molar-refractivity contribution is -0.154. The van der Waals surface area contributed by atoms with E-state index in [0.29, 0.717) is 29.5 Å². The molecule has 4 rings (SSSR count). The van der Waals surface area contributed by atoms with Crippen LogP contribution in [0.4, 0.5) is 13.2 Å². The van der Waals surface area contributed by atoms with Crippen LogP contribution in [0.3, 0.4) is 0 Å². The van der Waals surface area contributed by atoms with Gasteiger partial charge in [0.25, 0.3) is 0 Å². The number of alkyl halides is 3. The molecule has 0 amide bonds. The molecular weight excluding hydrogens is 527 g/mol. The van der Waals surface area contributed by atoms with E-state index in [0.717, 1.165) is 65.3 Å². The zero-order valence-corrected chi connectivity index (χ0v) is 23.5. The number of methoxy groups -OCH3 is 1. The quantitative estimate of drug-likeness (QED) is 0.166. The van der Waals surface area contributed by atoms with Crippen LogP contribution in [0.1, 0.15) is 66.0 Å². The normalized spacial score (nSPS) is 15.2. The summed E-state index contributed by atoms with van der Waals surface area (Å²) in [6, 6.07) is 10.9. The van der Waals surface area contributed by atoms with Gasteiger partial charge in [0.05, 0.1) is 23.2 Å². The minimum Gasteiger partial charge on any atom is -0.485 e. The first-order valence-electron chi connectivity index (χ1n) is 13.2. The van der Waals surface area contributed by atoms with Crippen molar-refractivity contribution in [1.82, 2.24) is 4.98 Å². The number of halogens is 3. The summed E-state index contributed by atoms with van der Waals surface area (Å²) in [5.41, 5.74) is 2.77. The molecule has 0 radical (unpaired) electrons. The number of carbonyl (C=O) groups excluding carboxylic acids is 1. The third-order valence-corrected chi connectivity index (χ3v) is 8.13. The number of thiazole rings is 1. The van der Waals surface area contributed by atoms with E-state index in [4.69, 9.17) is 14.2 Å². The molecule has 210 valence electrons. The Morgan fingerprint density at radius 2 is 1.85 bits per heavy atom. The molecule has 2 atom stereocenters. The second kappa shape index (κ2) is 12.5. The first-order valence-corrected chi connectivity index (χ1v) is 14.0. The monoisotopic (exact) mass is 561 g/mol. The van der Waals surface area contributed by atoms with Gasteiger partial charge in [0, 0.05) is 24.5 Å². The van der Waals surface area contributed by atoms with Gasteiger partial charge in [-0.1, -0.05) is 31.5 Å². The molecule has 1 heterocycles. The molecule has 1 aromatic heterocycles. The molecule has 2 unspecified atom stereocenters. The van der Waals surface area contributed by atoms with Gasteiger partial charge in [-0.15, -0.1) is 11.3 Å². The van der Waals surface area contributed by atoms with Gasteiger partial charge in [0.2, 0.25) is 0 Å². The van der Waals surface area contributed by atoms with Crippen LogP contribution in [-0.2, 0) is 26.9 Å². The predicted molar refractivity (Wildman–Crippen MR) is 145 cm³/mol. The largest absolute Gasteiger partial charge is 0.485 e. The number of hydrogen-bond acceptors (Lipinski definition) is 6. The van der Waals surface area contributed by atoms with Crippen molar-refractivity contribution < 1.29 is 32.2 Å². The van der Waals surface area contributed by atoms with Crippen LogP contribution in [0, 0.1) is 19.8 Å². The van der Waals surface area contributed by atoms with Gasteiger partial charge in [-0.05, 0) is 68.5 Å². The fourth-order valence-corrected chi connectivity index (χ4v) is 5.58. The molecule has 0 saturated heterocycles. The number of nitrogens with zero attached hydrogens (tertiary/aromatic N) is 1. The highest BCUT2D eigenvalue weighted by molar-refractivity contribution is 7.15. The molecule has 1 fully saturated rings. The summed E-state index contributed by atoms with van der Waals surface area (Å²) in [5.74, 6) is 0.697. The van der Waals surface area contributed by atoms with Crippen LogP contribution in [0.2, 0.25) is 0 Å². The van der Waals surface area contributed by atoms with E-state index in [-0.39, 0.29) is 12.1 Å². The Hall–Kier alpha value is -2.91. The highest BCUT2D eigenvalue weighted by Crippen LogP contribution is 2.47. The van der Waals surface area contributed by atoms with Crippen molar-refractivity contribution in [2.75, 3.05) is 13.7 Å². The summed E-state index contributed by atoms with van der Waals surface area (Å²) in [5, 5.41) is 0.675. The second-order valence-corrected chi connectivity index (χ2v) is 11.0. The summed E-state index contributed by atoms with van der Waals surface area (Å²) in [4.78, 5) is 17.9. The molecule has 0 aliphatic heterocycles. The molecule has 1 saturated carbocycles. The van der Waals surface area contributed by atoms with E-state index >= 15 is 0 Å². The third-order valence-electron chi connectivity index (χ3n) is 6.86. The van der Waals surface area contributed by atoms with Crippen LogP contribution < -0.4 is 4.74 Å². The Bertz CT molecular complexity index is 1270. The second-order valence-electron chi connectivity index (χ2n) is 9.95.